The summed E-state index contributed by atoms with van der Waals surface area (Å²) >= 11 is 5.91. The van der Waals surface area contributed by atoms with Crippen LogP contribution in [0.1, 0.15) is 33.8 Å². The summed E-state index contributed by atoms with van der Waals surface area (Å²) in [6, 6.07) is 6.25. The number of nitriles is 1. The summed E-state index contributed by atoms with van der Waals surface area (Å²) in [5, 5.41) is 7.81. The summed E-state index contributed by atoms with van der Waals surface area (Å²) in [5.74, 6) is -0.886. The van der Waals surface area contributed by atoms with E-state index in [0.29, 0.717) is 11.1 Å². The van der Waals surface area contributed by atoms with Gasteiger partial charge in [0, 0.05) is 0 Å². The van der Waals surface area contributed by atoms with Crippen LogP contribution in [-0.2, 0) is 9.53 Å². The van der Waals surface area contributed by atoms with Crippen molar-refractivity contribution in [2.24, 2.45) is 0 Å². The van der Waals surface area contributed by atoms with E-state index in [1.165, 1.54) is 32.2 Å². The van der Waals surface area contributed by atoms with Crippen LogP contribution in [0, 0.1) is 11.3 Å². The molecule has 0 aliphatic rings. The maximum absolute atomic E-state index is 11.5. The van der Waals surface area contributed by atoms with Crippen LogP contribution < -0.4 is 0 Å². The standard InChI is InChI=1S/C12H10ClNO3/c1-7(15)11(13)10-5-8(6-14)3-4-9(10)12(16)17-2/h3-5,11H,1-2H3. The molecule has 0 N–H and O–H groups in total. The molecule has 0 spiro atoms. The number of ketones is 1. The Bertz CT molecular complexity index is 505. The number of rotatable bonds is 3. The molecule has 5 heteroatoms. The van der Waals surface area contributed by atoms with E-state index in [9.17, 15) is 9.59 Å². The predicted octanol–water partition coefficient (Wildman–Crippen LogP) is 2.21. The van der Waals surface area contributed by atoms with Gasteiger partial charge in [-0.1, -0.05) is 0 Å². The van der Waals surface area contributed by atoms with Crippen molar-refractivity contribution < 1.29 is 14.3 Å². The average molecular weight is 252 g/mol. The van der Waals surface area contributed by atoms with Crippen LogP contribution in [0.5, 0.6) is 0 Å². The molecule has 0 aromatic heterocycles. The number of carbonyl (C=O) groups is 2. The first-order valence-corrected chi connectivity index (χ1v) is 5.21. The number of methoxy groups -OCH3 is 1. The SMILES string of the molecule is COC(=O)c1ccc(C#N)cc1C(Cl)C(C)=O. The molecule has 88 valence electrons. The number of halogens is 1. The van der Waals surface area contributed by atoms with Crippen LogP contribution in [0.2, 0.25) is 0 Å². The highest BCUT2D eigenvalue weighted by Crippen LogP contribution is 2.26. The molecule has 0 aliphatic carbocycles. The van der Waals surface area contributed by atoms with E-state index in [4.69, 9.17) is 16.9 Å². The molecule has 4 nitrogen and oxygen atoms in total. The van der Waals surface area contributed by atoms with E-state index in [0.717, 1.165) is 0 Å². The minimum Gasteiger partial charge on any atom is -0.465 e. The predicted molar refractivity (Wildman–Crippen MR) is 61.8 cm³/mol. The third-order valence-electron chi connectivity index (χ3n) is 2.22. The fourth-order valence-corrected chi connectivity index (χ4v) is 1.54. The van der Waals surface area contributed by atoms with Crippen LogP contribution in [-0.4, -0.2) is 18.9 Å². The summed E-state index contributed by atoms with van der Waals surface area (Å²) in [7, 11) is 1.24. The molecule has 0 amide bonds. The number of nitrogens with zero attached hydrogens (tertiary/aromatic N) is 1. The second-order valence-electron chi connectivity index (χ2n) is 3.38. The maximum Gasteiger partial charge on any atom is 0.338 e. The van der Waals surface area contributed by atoms with Crippen molar-refractivity contribution in [3.8, 4) is 6.07 Å². The second-order valence-corrected chi connectivity index (χ2v) is 3.82. The zero-order chi connectivity index (χ0) is 13.0. The highest BCUT2D eigenvalue weighted by atomic mass is 35.5. The van der Waals surface area contributed by atoms with Crippen molar-refractivity contribution in [1.82, 2.24) is 0 Å². The lowest BCUT2D eigenvalue weighted by atomic mass is 9.99. The number of ether oxygens (including phenoxy) is 1. The molecule has 1 aromatic carbocycles. The number of hydrogen-bond acceptors (Lipinski definition) is 4. The molecular weight excluding hydrogens is 242 g/mol. The van der Waals surface area contributed by atoms with Gasteiger partial charge in [-0.25, -0.2) is 4.79 Å². The summed E-state index contributed by atoms with van der Waals surface area (Å²) in [6.45, 7) is 1.32. The Kier molecular flexibility index (Phi) is 4.24. The Morgan fingerprint density at radius 3 is 2.59 bits per heavy atom. The first kappa shape index (κ1) is 13.2. The summed E-state index contributed by atoms with van der Waals surface area (Å²) < 4.78 is 4.59. The third-order valence-corrected chi connectivity index (χ3v) is 2.76. The molecule has 0 radical (unpaired) electrons. The molecule has 0 saturated heterocycles. The number of hydrogen-bond donors (Lipinski definition) is 0. The van der Waals surface area contributed by atoms with Crippen molar-refractivity contribution in [3.63, 3.8) is 0 Å². The van der Waals surface area contributed by atoms with E-state index in [2.05, 4.69) is 4.74 Å². The zero-order valence-electron chi connectivity index (χ0n) is 9.36. The lowest BCUT2D eigenvalue weighted by molar-refractivity contribution is -0.116. The fraction of sp³-hybridized carbons (Fsp3) is 0.250. The molecule has 17 heavy (non-hydrogen) atoms. The molecule has 1 rings (SSSR count). The van der Waals surface area contributed by atoms with Gasteiger partial charge in [0.05, 0.1) is 24.3 Å². The maximum atomic E-state index is 11.5. The lowest BCUT2D eigenvalue weighted by Gasteiger charge is -2.11. The smallest absolute Gasteiger partial charge is 0.338 e. The molecule has 0 aliphatic heterocycles. The zero-order valence-corrected chi connectivity index (χ0v) is 10.1. The highest BCUT2D eigenvalue weighted by Gasteiger charge is 2.21. The normalized spacial score (nSPS) is 11.4. The van der Waals surface area contributed by atoms with Gasteiger partial charge >= 0.3 is 5.97 Å². The van der Waals surface area contributed by atoms with Crippen LogP contribution in [0.25, 0.3) is 0 Å². The van der Waals surface area contributed by atoms with E-state index in [1.54, 1.807) is 0 Å². The minimum absolute atomic E-state index is 0.196. The molecule has 0 fully saturated rings. The van der Waals surface area contributed by atoms with E-state index in [1.807, 2.05) is 6.07 Å². The van der Waals surface area contributed by atoms with E-state index < -0.39 is 11.3 Å². The monoisotopic (exact) mass is 251 g/mol. The highest BCUT2D eigenvalue weighted by molar-refractivity contribution is 6.31. The van der Waals surface area contributed by atoms with Gasteiger partial charge in [-0.05, 0) is 30.7 Å². The molecule has 0 saturated carbocycles. The molecular formula is C12H10ClNO3. The first-order valence-electron chi connectivity index (χ1n) is 4.78. The number of esters is 1. The van der Waals surface area contributed by atoms with Crippen molar-refractivity contribution in [2.45, 2.75) is 12.3 Å². The molecule has 0 bridgehead atoms. The summed E-state index contributed by atoms with van der Waals surface area (Å²) in [4.78, 5) is 22.7. The van der Waals surface area contributed by atoms with Crippen molar-refractivity contribution in [2.75, 3.05) is 7.11 Å². The largest absolute Gasteiger partial charge is 0.465 e. The van der Waals surface area contributed by atoms with Gasteiger partial charge in [0.1, 0.15) is 5.38 Å². The minimum atomic E-state index is -0.961. The fourth-order valence-electron chi connectivity index (χ4n) is 1.36. The Morgan fingerprint density at radius 1 is 1.47 bits per heavy atom. The number of carbonyl (C=O) groups excluding carboxylic acids is 2. The number of Topliss-reactive ketones (excluding diaryl/α,β-unsaturated/α-hetero) is 1. The number of alkyl halides is 1. The topological polar surface area (TPSA) is 67.2 Å². The van der Waals surface area contributed by atoms with Gasteiger partial charge in [0.15, 0.2) is 5.78 Å². The van der Waals surface area contributed by atoms with Gasteiger partial charge in [0.25, 0.3) is 0 Å². The van der Waals surface area contributed by atoms with Gasteiger partial charge in [-0.2, -0.15) is 5.26 Å². The summed E-state index contributed by atoms with van der Waals surface area (Å²) in [5.41, 5.74) is 0.825. The van der Waals surface area contributed by atoms with Crippen LogP contribution in [0.15, 0.2) is 18.2 Å². The average Bonchev–Trinajstić information content (AvgIpc) is 2.35. The Balaban J connectivity index is 3.36. The molecule has 0 heterocycles. The Labute approximate surface area is 104 Å². The van der Waals surface area contributed by atoms with Crippen LogP contribution in [0.3, 0.4) is 0 Å². The van der Waals surface area contributed by atoms with E-state index >= 15 is 0 Å². The second kappa shape index (κ2) is 5.46. The number of benzene rings is 1. The molecule has 1 atom stereocenters. The molecule has 1 aromatic rings. The van der Waals surface area contributed by atoms with Gasteiger partial charge < -0.3 is 4.74 Å². The quantitative estimate of drug-likeness (QED) is 0.610. The first-order chi connectivity index (χ1) is 8.01. The van der Waals surface area contributed by atoms with Gasteiger partial charge in [-0.15, -0.1) is 11.6 Å². The van der Waals surface area contributed by atoms with Crippen molar-refractivity contribution in [3.05, 3.63) is 34.9 Å². The van der Waals surface area contributed by atoms with Crippen molar-refractivity contribution >= 4 is 23.4 Å². The molecule has 1 unspecified atom stereocenters. The summed E-state index contributed by atoms with van der Waals surface area (Å²) in [6.07, 6.45) is 0. The Morgan fingerprint density at radius 2 is 2.12 bits per heavy atom. The van der Waals surface area contributed by atoms with Crippen molar-refractivity contribution in [1.29, 1.82) is 5.26 Å². The van der Waals surface area contributed by atoms with Crippen LogP contribution in [0.4, 0.5) is 0 Å². The Hall–Kier alpha value is -1.86. The third kappa shape index (κ3) is 2.83. The van der Waals surface area contributed by atoms with Gasteiger partial charge in [0.2, 0.25) is 0 Å². The lowest BCUT2D eigenvalue weighted by Crippen LogP contribution is -2.11. The van der Waals surface area contributed by atoms with E-state index in [-0.39, 0.29) is 11.3 Å². The van der Waals surface area contributed by atoms with Gasteiger partial charge in [-0.3, -0.25) is 4.79 Å². The van der Waals surface area contributed by atoms with Crippen LogP contribution >= 0.6 is 11.6 Å².